The number of ether oxygens (including phenoxy) is 1. The molecule has 1 aromatic heterocycles. The first-order valence-electron chi connectivity index (χ1n) is 7.97. The van der Waals surface area contributed by atoms with Gasteiger partial charge in [-0.25, -0.2) is 0 Å². The number of methoxy groups -OCH3 is 1. The van der Waals surface area contributed by atoms with E-state index >= 15 is 0 Å². The first kappa shape index (κ1) is 15.6. The molecule has 3 rings (SSSR count). The quantitative estimate of drug-likeness (QED) is 0.867. The number of esters is 1. The number of nitrogens with zero attached hydrogens (tertiary/aromatic N) is 1. The highest BCUT2D eigenvalue weighted by Crippen LogP contribution is 2.25. The van der Waals surface area contributed by atoms with Crippen molar-refractivity contribution in [3.8, 4) is 0 Å². The maximum absolute atomic E-state index is 12.7. The number of hydrogen-bond donors (Lipinski definition) is 1. The van der Waals surface area contributed by atoms with Crippen LogP contribution < -0.4 is 0 Å². The highest BCUT2D eigenvalue weighted by Gasteiger charge is 2.28. The van der Waals surface area contributed by atoms with Gasteiger partial charge in [-0.05, 0) is 50.5 Å². The second kappa shape index (κ2) is 6.07. The van der Waals surface area contributed by atoms with Crippen LogP contribution in [0.15, 0.2) is 18.2 Å². The molecule has 1 saturated heterocycles. The van der Waals surface area contributed by atoms with E-state index in [9.17, 15) is 9.59 Å². The molecule has 0 atom stereocenters. The first-order chi connectivity index (χ1) is 11.0. The van der Waals surface area contributed by atoms with E-state index in [2.05, 4.69) is 11.9 Å². The second-order valence-corrected chi connectivity index (χ2v) is 6.22. The Kier molecular flexibility index (Phi) is 4.11. The van der Waals surface area contributed by atoms with E-state index in [0.29, 0.717) is 31.5 Å². The summed E-state index contributed by atoms with van der Waals surface area (Å²) in [5.41, 5.74) is 4.07. The SMILES string of the molecule is COC(=O)C1CCN(C(=O)c2ccc3[nH]c(C)c(C)c3c2)CC1. The number of aromatic amines is 1. The van der Waals surface area contributed by atoms with Crippen molar-refractivity contribution in [1.82, 2.24) is 9.88 Å². The summed E-state index contributed by atoms with van der Waals surface area (Å²) in [5, 5.41) is 1.10. The third-order valence-corrected chi connectivity index (χ3v) is 4.87. The Morgan fingerprint density at radius 1 is 1.22 bits per heavy atom. The molecule has 0 radical (unpaired) electrons. The van der Waals surface area contributed by atoms with Crippen molar-refractivity contribution in [3.63, 3.8) is 0 Å². The van der Waals surface area contributed by atoms with Crippen LogP contribution in [0.25, 0.3) is 10.9 Å². The predicted molar refractivity (Wildman–Crippen MR) is 88.4 cm³/mol. The topological polar surface area (TPSA) is 62.4 Å². The number of H-pyrrole nitrogens is 1. The van der Waals surface area contributed by atoms with E-state index in [1.807, 2.05) is 30.0 Å². The number of rotatable bonds is 2. The van der Waals surface area contributed by atoms with E-state index in [1.165, 1.54) is 12.7 Å². The lowest BCUT2D eigenvalue weighted by Crippen LogP contribution is -2.40. The number of fused-ring (bicyclic) bond motifs is 1. The molecule has 2 heterocycles. The lowest BCUT2D eigenvalue weighted by atomic mass is 9.96. The molecule has 0 unspecified atom stereocenters. The van der Waals surface area contributed by atoms with Gasteiger partial charge in [0.15, 0.2) is 0 Å². The Balaban J connectivity index is 1.76. The number of aryl methyl sites for hydroxylation is 2. The van der Waals surface area contributed by atoms with Gasteiger partial charge in [-0.1, -0.05) is 0 Å². The van der Waals surface area contributed by atoms with E-state index in [4.69, 9.17) is 4.74 Å². The van der Waals surface area contributed by atoms with Gasteiger partial charge in [0.05, 0.1) is 13.0 Å². The van der Waals surface area contributed by atoms with Crippen molar-refractivity contribution in [1.29, 1.82) is 0 Å². The summed E-state index contributed by atoms with van der Waals surface area (Å²) in [5.74, 6) is -0.216. The molecule has 2 aromatic rings. The maximum Gasteiger partial charge on any atom is 0.308 e. The van der Waals surface area contributed by atoms with E-state index in [1.54, 1.807) is 0 Å². The van der Waals surface area contributed by atoms with Crippen LogP contribution in [0.2, 0.25) is 0 Å². The molecule has 122 valence electrons. The fraction of sp³-hybridized carbons (Fsp3) is 0.444. The number of benzene rings is 1. The average Bonchev–Trinajstić information content (AvgIpc) is 2.87. The van der Waals surface area contributed by atoms with E-state index in [-0.39, 0.29) is 17.8 Å². The second-order valence-electron chi connectivity index (χ2n) is 6.22. The van der Waals surface area contributed by atoms with Crippen LogP contribution >= 0.6 is 0 Å². The monoisotopic (exact) mass is 314 g/mol. The Hall–Kier alpha value is -2.30. The van der Waals surface area contributed by atoms with Crippen LogP contribution in [0.1, 0.15) is 34.5 Å². The van der Waals surface area contributed by atoms with E-state index in [0.717, 1.165) is 16.6 Å². The number of hydrogen-bond acceptors (Lipinski definition) is 3. The Bertz CT molecular complexity index is 755. The van der Waals surface area contributed by atoms with Gasteiger partial charge >= 0.3 is 5.97 Å². The van der Waals surface area contributed by atoms with Gasteiger partial charge in [-0.15, -0.1) is 0 Å². The van der Waals surface area contributed by atoms with Gasteiger partial charge in [0.1, 0.15) is 0 Å². The smallest absolute Gasteiger partial charge is 0.308 e. The molecular weight excluding hydrogens is 292 g/mol. The number of carbonyl (C=O) groups excluding carboxylic acids is 2. The van der Waals surface area contributed by atoms with E-state index < -0.39 is 0 Å². The molecule has 1 fully saturated rings. The number of nitrogens with one attached hydrogen (secondary N) is 1. The molecule has 1 N–H and O–H groups in total. The Morgan fingerprint density at radius 2 is 1.91 bits per heavy atom. The van der Waals surface area contributed by atoms with Crippen molar-refractivity contribution in [2.45, 2.75) is 26.7 Å². The molecule has 1 aromatic carbocycles. The normalized spacial score (nSPS) is 15.9. The van der Waals surface area contributed by atoms with Crippen molar-refractivity contribution < 1.29 is 14.3 Å². The number of amides is 1. The van der Waals surface area contributed by atoms with Gasteiger partial charge in [-0.3, -0.25) is 9.59 Å². The van der Waals surface area contributed by atoms with Crippen molar-refractivity contribution in [2.24, 2.45) is 5.92 Å². The molecule has 1 aliphatic heterocycles. The molecule has 0 saturated carbocycles. The minimum atomic E-state index is -0.169. The van der Waals surface area contributed by atoms with Gasteiger partial charge in [-0.2, -0.15) is 0 Å². The van der Waals surface area contributed by atoms with Gasteiger partial charge < -0.3 is 14.6 Å². The van der Waals surface area contributed by atoms with Crippen LogP contribution in [0.5, 0.6) is 0 Å². The first-order valence-corrected chi connectivity index (χ1v) is 7.97. The van der Waals surface area contributed by atoms with Crippen LogP contribution in [-0.4, -0.2) is 42.0 Å². The summed E-state index contributed by atoms with van der Waals surface area (Å²) in [6.45, 7) is 5.29. The molecule has 0 spiro atoms. The van der Waals surface area contributed by atoms with Gasteiger partial charge in [0.2, 0.25) is 0 Å². The summed E-state index contributed by atoms with van der Waals surface area (Å²) in [7, 11) is 1.41. The van der Waals surface area contributed by atoms with Gasteiger partial charge in [0.25, 0.3) is 5.91 Å². The number of aromatic nitrogens is 1. The Labute approximate surface area is 135 Å². The predicted octanol–water partition coefficient (Wildman–Crippen LogP) is 2.81. The highest BCUT2D eigenvalue weighted by molar-refractivity contribution is 5.99. The molecule has 23 heavy (non-hydrogen) atoms. The standard InChI is InChI=1S/C18H22N2O3/c1-11-12(2)19-16-5-4-14(10-15(11)16)17(21)20-8-6-13(7-9-20)18(22)23-3/h4-5,10,13,19H,6-9H2,1-3H3. The number of likely N-dealkylation sites (tertiary alicyclic amines) is 1. The minimum Gasteiger partial charge on any atom is -0.469 e. The molecular formula is C18H22N2O3. The molecule has 1 aliphatic rings. The van der Waals surface area contributed by atoms with Crippen LogP contribution in [0.3, 0.4) is 0 Å². The largest absolute Gasteiger partial charge is 0.469 e. The molecule has 0 bridgehead atoms. The lowest BCUT2D eigenvalue weighted by molar-refractivity contribution is -0.146. The molecule has 0 aliphatic carbocycles. The Morgan fingerprint density at radius 3 is 2.57 bits per heavy atom. The lowest BCUT2D eigenvalue weighted by Gasteiger charge is -2.30. The zero-order valence-corrected chi connectivity index (χ0v) is 13.8. The molecule has 5 heteroatoms. The molecule has 1 amide bonds. The van der Waals surface area contributed by atoms with Crippen LogP contribution in [0, 0.1) is 19.8 Å². The molecule has 5 nitrogen and oxygen atoms in total. The zero-order chi connectivity index (χ0) is 16.6. The highest BCUT2D eigenvalue weighted by atomic mass is 16.5. The fourth-order valence-electron chi connectivity index (χ4n) is 3.26. The zero-order valence-electron chi connectivity index (χ0n) is 13.8. The summed E-state index contributed by atoms with van der Waals surface area (Å²) >= 11 is 0. The summed E-state index contributed by atoms with van der Waals surface area (Å²) in [4.78, 5) is 29.4. The number of piperidine rings is 1. The summed E-state index contributed by atoms with van der Waals surface area (Å²) in [6.07, 6.45) is 1.34. The van der Waals surface area contributed by atoms with Crippen LogP contribution in [0.4, 0.5) is 0 Å². The summed E-state index contributed by atoms with van der Waals surface area (Å²) < 4.78 is 4.79. The third kappa shape index (κ3) is 2.83. The van der Waals surface area contributed by atoms with Crippen molar-refractivity contribution in [3.05, 3.63) is 35.0 Å². The average molecular weight is 314 g/mol. The fourth-order valence-corrected chi connectivity index (χ4v) is 3.26. The third-order valence-electron chi connectivity index (χ3n) is 4.87. The van der Waals surface area contributed by atoms with Gasteiger partial charge in [0, 0.05) is 35.2 Å². The minimum absolute atomic E-state index is 0.0356. The van der Waals surface area contributed by atoms with Crippen molar-refractivity contribution in [2.75, 3.05) is 20.2 Å². The van der Waals surface area contributed by atoms with Crippen molar-refractivity contribution >= 4 is 22.8 Å². The summed E-state index contributed by atoms with van der Waals surface area (Å²) in [6, 6.07) is 5.79. The number of carbonyl (C=O) groups is 2. The maximum atomic E-state index is 12.7. The van der Waals surface area contributed by atoms with Crippen LogP contribution in [-0.2, 0) is 9.53 Å².